The minimum Gasteiger partial charge on any atom is -0.342 e. The van der Waals surface area contributed by atoms with Crippen molar-refractivity contribution in [2.24, 2.45) is 0 Å². The van der Waals surface area contributed by atoms with Crippen LogP contribution in [0.25, 0.3) is 0 Å². The molecule has 1 heterocycles. The predicted octanol–water partition coefficient (Wildman–Crippen LogP) is 6.06. The van der Waals surface area contributed by atoms with E-state index < -0.39 is 17.8 Å². The fourth-order valence-corrected chi connectivity index (χ4v) is 3.52. The zero-order valence-corrected chi connectivity index (χ0v) is 21.0. The lowest BCUT2D eigenvalue weighted by atomic mass is 10.1. The molecule has 0 aliphatic carbocycles. The molecule has 0 aliphatic rings. The summed E-state index contributed by atoms with van der Waals surface area (Å²) >= 11 is 0. The van der Waals surface area contributed by atoms with Crippen molar-refractivity contribution in [2.45, 2.75) is 39.7 Å². The smallest absolute Gasteiger partial charge is 0.246 e. The summed E-state index contributed by atoms with van der Waals surface area (Å²) in [5, 5.41) is 12.0. The molecule has 0 saturated carbocycles. The zero-order chi connectivity index (χ0) is 26.2. The third-order valence-corrected chi connectivity index (χ3v) is 5.74. The Labute approximate surface area is 215 Å². The van der Waals surface area contributed by atoms with Gasteiger partial charge in [-0.25, -0.2) is 4.39 Å². The highest BCUT2D eigenvalue weighted by Gasteiger charge is 2.17. The molecule has 1 aromatic heterocycles. The van der Waals surface area contributed by atoms with Gasteiger partial charge in [-0.15, -0.1) is 0 Å². The first kappa shape index (κ1) is 25.6. The average molecular weight is 500 g/mol. The normalized spacial score (nSPS) is 11.5. The van der Waals surface area contributed by atoms with E-state index in [4.69, 9.17) is 0 Å². The summed E-state index contributed by atoms with van der Waals surface area (Å²) in [5.74, 6) is -0.150. The van der Waals surface area contributed by atoms with Crippen molar-refractivity contribution >= 4 is 40.8 Å². The standard InChI is InChI=1S/C28H30FN7O/c1-4-19-10-14-21(15-11-19)31-27-34-26(30-18(3)25(37)33-24-9-7-6-8-23(24)29)35-28(36-27)32-22-16-12-20(5-2)13-17-22/h6-18H,4-5H2,1-3H3,(H,33,37)(H3,30,31,32,34,35,36)/t18-/m0/s1. The summed E-state index contributed by atoms with van der Waals surface area (Å²) in [6.45, 7) is 5.84. The number of anilines is 6. The minimum atomic E-state index is -0.754. The van der Waals surface area contributed by atoms with E-state index in [1.54, 1.807) is 19.1 Å². The first-order valence-corrected chi connectivity index (χ1v) is 12.2. The molecule has 1 atom stereocenters. The molecule has 8 nitrogen and oxygen atoms in total. The van der Waals surface area contributed by atoms with Crippen LogP contribution in [-0.4, -0.2) is 26.9 Å². The van der Waals surface area contributed by atoms with Crippen LogP contribution in [0.15, 0.2) is 72.8 Å². The summed E-state index contributed by atoms with van der Waals surface area (Å²) in [6.07, 6.45) is 1.88. The van der Waals surface area contributed by atoms with Crippen LogP contribution < -0.4 is 21.3 Å². The molecule has 1 amide bonds. The highest BCUT2D eigenvalue weighted by atomic mass is 19.1. The molecular formula is C28H30FN7O. The molecule has 0 fully saturated rings. The van der Waals surface area contributed by atoms with Crippen LogP contribution in [0.2, 0.25) is 0 Å². The van der Waals surface area contributed by atoms with E-state index in [1.165, 1.54) is 23.3 Å². The molecule has 0 aliphatic heterocycles. The van der Waals surface area contributed by atoms with E-state index in [2.05, 4.69) is 50.1 Å². The van der Waals surface area contributed by atoms with Gasteiger partial charge in [-0.1, -0.05) is 50.2 Å². The molecule has 0 saturated heterocycles. The monoisotopic (exact) mass is 499 g/mol. The number of aromatic nitrogens is 3. The summed E-state index contributed by atoms with van der Waals surface area (Å²) in [5.41, 5.74) is 4.18. The molecular weight excluding hydrogens is 469 g/mol. The van der Waals surface area contributed by atoms with Crippen LogP contribution >= 0.6 is 0 Å². The van der Waals surface area contributed by atoms with Crippen molar-refractivity contribution in [3.05, 3.63) is 89.7 Å². The number of hydrogen-bond donors (Lipinski definition) is 4. The predicted molar refractivity (Wildman–Crippen MR) is 146 cm³/mol. The van der Waals surface area contributed by atoms with Gasteiger partial charge in [-0.05, 0) is 67.3 Å². The van der Waals surface area contributed by atoms with Crippen LogP contribution in [0, 0.1) is 5.82 Å². The molecule has 0 spiro atoms. The van der Waals surface area contributed by atoms with E-state index in [1.807, 2.05) is 48.5 Å². The SMILES string of the molecule is CCc1ccc(Nc2nc(Nc3ccc(CC)cc3)nc(N[C@@H](C)C(=O)Nc3ccccc3F)n2)cc1. The Balaban J connectivity index is 1.56. The van der Waals surface area contributed by atoms with Crippen molar-refractivity contribution in [3.63, 3.8) is 0 Å². The molecule has 3 aromatic carbocycles. The average Bonchev–Trinajstić information content (AvgIpc) is 2.90. The summed E-state index contributed by atoms with van der Waals surface area (Å²) < 4.78 is 14.0. The molecule has 4 N–H and O–H groups in total. The van der Waals surface area contributed by atoms with E-state index in [9.17, 15) is 9.18 Å². The zero-order valence-electron chi connectivity index (χ0n) is 21.0. The second-order valence-corrected chi connectivity index (χ2v) is 8.49. The van der Waals surface area contributed by atoms with E-state index >= 15 is 0 Å². The minimum absolute atomic E-state index is 0.104. The Kier molecular flexibility index (Phi) is 8.25. The van der Waals surface area contributed by atoms with Crippen molar-refractivity contribution in [2.75, 3.05) is 21.3 Å². The Hall–Kier alpha value is -4.53. The maximum atomic E-state index is 14.0. The second kappa shape index (κ2) is 11.9. The van der Waals surface area contributed by atoms with Crippen molar-refractivity contribution < 1.29 is 9.18 Å². The number of nitrogens with zero attached hydrogens (tertiary/aromatic N) is 3. The van der Waals surface area contributed by atoms with Gasteiger partial charge in [-0.2, -0.15) is 15.0 Å². The fourth-order valence-electron chi connectivity index (χ4n) is 3.52. The lowest BCUT2D eigenvalue weighted by Crippen LogP contribution is -2.33. The Bertz CT molecular complexity index is 1280. The third kappa shape index (κ3) is 7.00. The highest BCUT2D eigenvalue weighted by molar-refractivity contribution is 5.96. The summed E-state index contributed by atoms with van der Waals surface area (Å²) in [4.78, 5) is 26.1. The number of nitrogens with one attached hydrogen (secondary N) is 4. The van der Waals surface area contributed by atoms with Crippen LogP contribution in [0.1, 0.15) is 31.9 Å². The van der Waals surface area contributed by atoms with Crippen LogP contribution in [0.5, 0.6) is 0 Å². The molecule has 190 valence electrons. The summed E-state index contributed by atoms with van der Waals surface area (Å²) in [6, 6.07) is 21.2. The molecule has 4 aromatic rings. The van der Waals surface area contributed by atoms with Gasteiger partial charge in [0.15, 0.2) is 0 Å². The van der Waals surface area contributed by atoms with E-state index in [0.717, 1.165) is 24.2 Å². The first-order valence-electron chi connectivity index (χ1n) is 12.2. The number of rotatable bonds is 10. The van der Waals surface area contributed by atoms with Crippen molar-refractivity contribution in [1.29, 1.82) is 0 Å². The van der Waals surface area contributed by atoms with Crippen LogP contribution in [0.4, 0.5) is 39.3 Å². The topological polar surface area (TPSA) is 104 Å². The largest absolute Gasteiger partial charge is 0.342 e. The lowest BCUT2D eigenvalue weighted by Gasteiger charge is -2.16. The molecule has 37 heavy (non-hydrogen) atoms. The van der Waals surface area contributed by atoms with E-state index in [-0.39, 0.29) is 11.6 Å². The molecule has 9 heteroatoms. The number of hydrogen-bond acceptors (Lipinski definition) is 7. The van der Waals surface area contributed by atoms with Gasteiger partial charge in [0.1, 0.15) is 11.9 Å². The van der Waals surface area contributed by atoms with Crippen LogP contribution in [-0.2, 0) is 17.6 Å². The van der Waals surface area contributed by atoms with Gasteiger partial charge in [0, 0.05) is 11.4 Å². The lowest BCUT2D eigenvalue weighted by molar-refractivity contribution is -0.116. The number of para-hydroxylation sites is 1. The molecule has 0 unspecified atom stereocenters. The highest BCUT2D eigenvalue weighted by Crippen LogP contribution is 2.21. The third-order valence-electron chi connectivity index (χ3n) is 5.74. The van der Waals surface area contributed by atoms with Gasteiger partial charge >= 0.3 is 0 Å². The van der Waals surface area contributed by atoms with Gasteiger partial charge < -0.3 is 21.3 Å². The summed E-state index contributed by atoms with van der Waals surface area (Å²) in [7, 11) is 0. The number of amides is 1. The Morgan fingerprint density at radius 3 is 1.73 bits per heavy atom. The Morgan fingerprint density at radius 1 is 0.757 bits per heavy atom. The second-order valence-electron chi connectivity index (χ2n) is 8.49. The fraction of sp³-hybridized carbons (Fsp3) is 0.214. The quantitative estimate of drug-likeness (QED) is 0.210. The maximum Gasteiger partial charge on any atom is 0.246 e. The first-order chi connectivity index (χ1) is 17.9. The van der Waals surface area contributed by atoms with Gasteiger partial charge in [-0.3, -0.25) is 4.79 Å². The van der Waals surface area contributed by atoms with Gasteiger partial charge in [0.2, 0.25) is 23.8 Å². The molecule has 0 radical (unpaired) electrons. The molecule has 4 rings (SSSR count). The van der Waals surface area contributed by atoms with Gasteiger partial charge in [0.05, 0.1) is 5.69 Å². The maximum absolute atomic E-state index is 14.0. The Morgan fingerprint density at radius 2 is 1.24 bits per heavy atom. The number of carbonyl (C=O) groups is 1. The number of carbonyl (C=O) groups excluding carboxylic acids is 1. The van der Waals surface area contributed by atoms with Crippen molar-refractivity contribution in [1.82, 2.24) is 15.0 Å². The number of benzene rings is 3. The number of aryl methyl sites for hydroxylation is 2. The van der Waals surface area contributed by atoms with Crippen LogP contribution in [0.3, 0.4) is 0 Å². The van der Waals surface area contributed by atoms with E-state index in [0.29, 0.717) is 11.9 Å². The molecule has 0 bridgehead atoms. The van der Waals surface area contributed by atoms with Crippen molar-refractivity contribution in [3.8, 4) is 0 Å². The number of halogens is 1. The van der Waals surface area contributed by atoms with Gasteiger partial charge in [0.25, 0.3) is 0 Å².